The summed E-state index contributed by atoms with van der Waals surface area (Å²) in [4.78, 5) is 12.0. The molecule has 0 saturated heterocycles. The van der Waals surface area contributed by atoms with E-state index in [1.54, 1.807) is 0 Å². The molecule has 3 nitrogen and oxygen atoms in total. The highest BCUT2D eigenvalue weighted by molar-refractivity contribution is 9.10. The summed E-state index contributed by atoms with van der Waals surface area (Å²) in [7, 11) is 0. The molecule has 1 aromatic rings. The molecule has 1 aromatic heterocycles. The van der Waals surface area contributed by atoms with Gasteiger partial charge in [-0.15, -0.1) is 0 Å². The zero-order valence-electron chi connectivity index (χ0n) is 10.2. The van der Waals surface area contributed by atoms with Gasteiger partial charge in [0.1, 0.15) is 5.69 Å². The summed E-state index contributed by atoms with van der Waals surface area (Å²) in [6, 6.07) is 1.88. The number of halogens is 1. The lowest BCUT2D eigenvalue weighted by Gasteiger charge is -2.11. The van der Waals surface area contributed by atoms with Crippen LogP contribution in [0.3, 0.4) is 0 Å². The van der Waals surface area contributed by atoms with Crippen molar-refractivity contribution in [3.63, 3.8) is 0 Å². The van der Waals surface area contributed by atoms with Gasteiger partial charge in [-0.25, -0.2) is 0 Å². The van der Waals surface area contributed by atoms with Crippen molar-refractivity contribution in [2.75, 3.05) is 6.54 Å². The SMILES string of the molecule is CCn1cc(Br)cc1C(=O)NCC1CCCC1. The number of aryl methyl sites for hydroxylation is 1. The predicted octanol–water partition coefficient (Wildman–Crippen LogP) is 3.19. The highest BCUT2D eigenvalue weighted by Crippen LogP contribution is 2.24. The number of amides is 1. The Kier molecular flexibility index (Phi) is 4.26. The molecule has 1 aliphatic rings. The second-order valence-electron chi connectivity index (χ2n) is 4.69. The van der Waals surface area contributed by atoms with Gasteiger partial charge in [0.05, 0.1) is 0 Å². The number of carbonyl (C=O) groups is 1. The molecule has 0 radical (unpaired) electrons. The van der Waals surface area contributed by atoms with Crippen LogP contribution in [0.4, 0.5) is 0 Å². The summed E-state index contributed by atoms with van der Waals surface area (Å²) in [5.41, 5.74) is 0.748. The Hall–Kier alpha value is -0.770. The van der Waals surface area contributed by atoms with E-state index < -0.39 is 0 Å². The van der Waals surface area contributed by atoms with Crippen LogP contribution in [0.1, 0.15) is 43.1 Å². The number of nitrogens with one attached hydrogen (secondary N) is 1. The summed E-state index contributed by atoms with van der Waals surface area (Å²) in [5, 5.41) is 3.05. The summed E-state index contributed by atoms with van der Waals surface area (Å²) < 4.78 is 2.93. The molecule has 0 unspecified atom stereocenters. The van der Waals surface area contributed by atoms with E-state index in [1.165, 1.54) is 25.7 Å². The first-order valence-corrected chi connectivity index (χ1v) is 7.14. The van der Waals surface area contributed by atoms with E-state index in [1.807, 2.05) is 23.8 Å². The number of aromatic nitrogens is 1. The van der Waals surface area contributed by atoms with E-state index in [-0.39, 0.29) is 5.91 Å². The molecule has 4 heteroatoms. The zero-order valence-corrected chi connectivity index (χ0v) is 11.8. The van der Waals surface area contributed by atoms with Gasteiger partial charge < -0.3 is 9.88 Å². The maximum absolute atomic E-state index is 12.0. The summed E-state index contributed by atoms with van der Waals surface area (Å²) in [6.45, 7) is 3.68. The van der Waals surface area contributed by atoms with Crippen molar-refractivity contribution in [3.8, 4) is 0 Å². The number of carbonyl (C=O) groups excluding carboxylic acids is 1. The van der Waals surface area contributed by atoms with Gasteiger partial charge >= 0.3 is 0 Å². The van der Waals surface area contributed by atoms with Crippen LogP contribution in [0.5, 0.6) is 0 Å². The first-order chi connectivity index (χ1) is 8.20. The third kappa shape index (κ3) is 3.12. The zero-order chi connectivity index (χ0) is 12.3. The van der Waals surface area contributed by atoms with Gasteiger partial charge in [0.2, 0.25) is 0 Å². The van der Waals surface area contributed by atoms with E-state index >= 15 is 0 Å². The fraction of sp³-hybridized carbons (Fsp3) is 0.615. The molecule has 0 spiro atoms. The number of rotatable bonds is 4. The van der Waals surface area contributed by atoms with Crippen LogP contribution < -0.4 is 5.32 Å². The van der Waals surface area contributed by atoms with Crippen molar-refractivity contribution in [1.82, 2.24) is 9.88 Å². The van der Waals surface area contributed by atoms with Gasteiger partial charge in [-0.1, -0.05) is 12.8 Å². The fourth-order valence-corrected chi connectivity index (χ4v) is 2.93. The molecular weight excluding hydrogens is 280 g/mol. The standard InChI is InChI=1S/C13H19BrN2O/c1-2-16-9-11(14)7-12(16)13(17)15-8-10-5-3-4-6-10/h7,9-10H,2-6,8H2,1H3,(H,15,17). The molecule has 2 rings (SSSR count). The Morgan fingerprint density at radius 3 is 2.88 bits per heavy atom. The molecule has 1 aliphatic carbocycles. The van der Waals surface area contributed by atoms with Gasteiger partial charge in [0, 0.05) is 23.8 Å². The highest BCUT2D eigenvalue weighted by Gasteiger charge is 2.17. The van der Waals surface area contributed by atoms with E-state index in [0.717, 1.165) is 23.3 Å². The molecule has 0 atom stereocenters. The van der Waals surface area contributed by atoms with Crippen LogP contribution in [-0.2, 0) is 6.54 Å². The van der Waals surface area contributed by atoms with Crippen LogP contribution in [0.25, 0.3) is 0 Å². The number of nitrogens with zero attached hydrogens (tertiary/aromatic N) is 1. The van der Waals surface area contributed by atoms with E-state index in [2.05, 4.69) is 21.2 Å². The third-order valence-corrected chi connectivity index (χ3v) is 3.90. The fourth-order valence-electron chi connectivity index (χ4n) is 2.47. The molecule has 1 saturated carbocycles. The van der Waals surface area contributed by atoms with Crippen LogP contribution in [0, 0.1) is 5.92 Å². The average Bonchev–Trinajstić information content (AvgIpc) is 2.94. The van der Waals surface area contributed by atoms with E-state index in [4.69, 9.17) is 0 Å². The Morgan fingerprint density at radius 1 is 1.53 bits per heavy atom. The number of hydrogen-bond donors (Lipinski definition) is 1. The lowest BCUT2D eigenvalue weighted by Crippen LogP contribution is -2.29. The van der Waals surface area contributed by atoms with Crippen molar-refractivity contribution < 1.29 is 4.79 Å². The molecule has 1 N–H and O–H groups in total. The van der Waals surface area contributed by atoms with Gasteiger partial charge in [-0.05, 0) is 47.7 Å². The number of hydrogen-bond acceptors (Lipinski definition) is 1. The summed E-state index contributed by atoms with van der Waals surface area (Å²) in [6.07, 6.45) is 7.11. The highest BCUT2D eigenvalue weighted by atomic mass is 79.9. The minimum atomic E-state index is 0.0458. The van der Waals surface area contributed by atoms with Gasteiger partial charge in [-0.3, -0.25) is 4.79 Å². The minimum absolute atomic E-state index is 0.0458. The molecule has 0 aromatic carbocycles. The molecule has 0 aliphatic heterocycles. The normalized spacial score (nSPS) is 16.4. The monoisotopic (exact) mass is 298 g/mol. The lowest BCUT2D eigenvalue weighted by atomic mass is 10.1. The van der Waals surface area contributed by atoms with Crippen molar-refractivity contribution in [2.45, 2.75) is 39.2 Å². The first-order valence-electron chi connectivity index (χ1n) is 6.34. The van der Waals surface area contributed by atoms with Gasteiger partial charge in [0.15, 0.2) is 0 Å². The summed E-state index contributed by atoms with van der Waals surface area (Å²) >= 11 is 3.41. The maximum atomic E-state index is 12.0. The minimum Gasteiger partial charge on any atom is -0.350 e. The topological polar surface area (TPSA) is 34.0 Å². The molecule has 1 amide bonds. The van der Waals surface area contributed by atoms with Gasteiger partial charge in [-0.2, -0.15) is 0 Å². The molecular formula is C13H19BrN2O. The van der Waals surface area contributed by atoms with E-state index in [0.29, 0.717) is 5.92 Å². The largest absolute Gasteiger partial charge is 0.350 e. The quantitative estimate of drug-likeness (QED) is 0.910. The van der Waals surface area contributed by atoms with Crippen LogP contribution in [0.2, 0.25) is 0 Å². The smallest absolute Gasteiger partial charge is 0.267 e. The molecule has 1 heterocycles. The Labute approximate surface area is 111 Å². The second-order valence-corrected chi connectivity index (χ2v) is 5.61. The van der Waals surface area contributed by atoms with Crippen molar-refractivity contribution in [2.24, 2.45) is 5.92 Å². The maximum Gasteiger partial charge on any atom is 0.267 e. The lowest BCUT2D eigenvalue weighted by molar-refractivity contribution is 0.0938. The molecule has 0 bridgehead atoms. The average molecular weight is 299 g/mol. The molecule has 94 valence electrons. The second kappa shape index (κ2) is 5.71. The first kappa shape index (κ1) is 12.7. The Morgan fingerprint density at radius 2 is 2.24 bits per heavy atom. The van der Waals surface area contributed by atoms with Crippen LogP contribution >= 0.6 is 15.9 Å². The van der Waals surface area contributed by atoms with Crippen LogP contribution in [0.15, 0.2) is 16.7 Å². The Bertz CT molecular complexity index is 394. The molecule has 17 heavy (non-hydrogen) atoms. The Balaban J connectivity index is 1.93. The summed E-state index contributed by atoms with van der Waals surface area (Å²) in [5.74, 6) is 0.733. The van der Waals surface area contributed by atoms with E-state index in [9.17, 15) is 4.79 Å². The van der Waals surface area contributed by atoms with Crippen molar-refractivity contribution in [3.05, 3.63) is 22.4 Å². The van der Waals surface area contributed by atoms with Crippen LogP contribution in [-0.4, -0.2) is 17.0 Å². The van der Waals surface area contributed by atoms with Crippen molar-refractivity contribution >= 4 is 21.8 Å². The van der Waals surface area contributed by atoms with Crippen molar-refractivity contribution in [1.29, 1.82) is 0 Å². The predicted molar refractivity (Wildman–Crippen MR) is 72.1 cm³/mol. The molecule has 1 fully saturated rings. The van der Waals surface area contributed by atoms with Gasteiger partial charge in [0.25, 0.3) is 5.91 Å². The third-order valence-electron chi connectivity index (χ3n) is 3.46.